The molecule has 3 N–H and O–H groups in total. The summed E-state index contributed by atoms with van der Waals surface area (Å²) in [6, 6.07) is 4.33. The molecule has 108 valence electrons. The standard InChI is InChI=1S/C15H20BrN3O/c16-13-7-11-3-6-20-14(11)12(8-13)9-19-4-1-10(2-5-19)15(17)18/h7-8,10H,1-6,9H2,(H3,17,18). The van der Waals surface area contributed by atoms with Crippen LogP contribution in [0.2, 0.25) is 0 Å². The summed E-state index contributed by atoms with van der Waals surface area (Å²) in [5, 5.41) is 7.54. The first-order valence-corrected chi connectivity index (χ1v) is 7.93. The number of nitrogens with one attached hydrogen (secondary N) is 1. The summed E-state index contributed by atoms with van der Waals surface area (Å²) in [7, 11) is 0. The van der Waals surface area contributed by atoms with E-state index in [2.05, 4.69) is 33.0 Å². The topological polar surface area (TPSA) is 62.3 Å². The first kappa shape index (κ1) is 13.9. The van der Waals surface area contributed by atoms with Gasteiger partial charge in [0.05, 0.1) is 12.4 Å². The molecule has 1 aromatic carbocycles. The summed E-state index contributed by atoms with van der Waals surface area (Å²) >= 11 is 3.59. The Kier molecular flexibility index (Phi) is 3.98. The fraction of sp³-hybridized carbons (Fsp3) is 0.533. The van der Waals surface area contributed by atoms with Crippen LogP contribution in [0.4, 0.5) is 0 Å². The molecule has 20 heavy (non-hydrogen) atoms. The molecule has 3 rings (SSSR count). The van der Waals surface area contributed by atoms with E-state index >= 15 is 0 Å². The second-order valence-electron chi connectivity index (χ2n) is 5.66. The van der Waals surface area contributed by atoms with Crippen molar-refractivity contribution in [2.24, 2.45) is 11.7 Å². The van der Waals surface area contributed by atoms with Crippen molar-refractivity contribution in [3.63, 3.8) is 0 Å². The number of ether oxygens (including phenoxy) is 1. The quantitative estimate of drug-likeness (QED) is 0.658. The van der Waals surface area contributed by atoms with Gasteiger partial charge in [-0.15, -0.1) is 0 Å². The molecule has 0 atom stereocenters. The molecule has 0 radical (unpaired) electrons. The van der Waals surface area contributed by atoms with Gasteiger partial charge in [-0.3, -0.25) is 10.3 Å². The lowest BCUT2D eigenvalue weighted by atomic mass is 9.95. The van der Waals surface area contributed by atoms with Gasteiger partial charge >= 0.3 is 0 Å². The van der Waals surface area contributed by atoms with Crippen LogP contribution >= 0.6 is 15.9 Å². The van der Waals surface area contributed by atoms with Crippen molar-refractivity contribution < 1.29 is 4.74 Å². The zero-order valence-electron chi connectivity index (χ0n) is 11.5. The molecular weight excluding hydrogens is 318 g/mol. The van der Waals surface area contributed by atoms with Gasteiger partial charge in [0.1, 0.15) is 5.75 Å². The van der Waals surface area contributed by atoms with Crippen LogP contribution in [0.25, 0.3) is 0 Å². The van der Waals surface area contributed by atoms with Crippen molar-refractivity contribution >= 4 is 21.8 Å². The molecule has 0 unspecified atom stereocenters. The highest BCUT2D eigenvalue weighted by atomic mass is 79.9. The molecule has 0 aliphatic carbocycles. The number of hydrogen-bond acceptors (Lipinski definition) is 3. The number of likely N-dealkylation sites (tertiary alicyclic amines) is 1. The third kappa shape index (κ3) is 2.83. The lowest BCUT2D eigenvalue weighted by Crippen LogP contribution is -2.37. The number of rotatable bonds is 3. The fourth-order valence-electron chi connectivity index (χ4n) is 3.11. The predicted octanol–water partition coefficient (Wildman–Crippen LogP) is 2.53. The van der Waals surface area contributed by atoms with E-state index in [9.17, 15) is 0 Å². The molecule has 2 aliphatic heterocycles. The molecule has 0 bridgehead atoms. The van der Waals surface area contributed by atoms with Gasteiger partial charge in [-0.1, -0.05) is 15.9 Å². The Balaban J connectivity index is 1.69. The largest absolute Gasteiger partial charge is 0.493 e. The Hall–Kier alpha value is -1.07. The number of hydrogen-bond donors (Lipinski definition) is 2. The number of halogens is 1. The van der Waals surface area contributed by atoms with Crippen LogP contribution in [-0.4, -0.2) is 30.4 Å². The number of nitrogens with zero attached hydrogens (tertiary/aromatic N) is 1. The van der Waals surface area contributed by atoms with Gasteiger partial charge < -0.3 is 10.5 Å². The maximum absolute atomic E-state index is 7.54. The average Bonchev–Trinajstić information content (AvgIpc) is 2.87. The predicted molar refractivity (Wildman–Crippen MR) is 83.3 cm³/mol. The number of fused-ring (bicyclic) bond motifs is 1. The van der Waals surface area contributed by atoms with E-state index in [0.717, 1.165) is 55.7 Å². The fourth-order valence-corrected chi connectivity index (χ4v) is 3.66. The number of nitrogens with two attached hydrogens (primary N) is 1. The first-order valence-electron chi connectivity index (χ1n) is 7.14. The van der Waals surface area contributed by atoms with E-state index in [1.165, 1.54) is 11.1 Å². The van der Waals surface area contributed by atoms with Gasteiger partial charge in [-0.05, 0) is 43.6 Å². The summed E-state index contributed by atoms with van der Waals surface area (Å²) in [4.78, 5) is 2.43. The lowest BCUT2D eigenvalue weighted by Gasteiger charge is -2.31. The van der Waals surface area contributed by atoms with Crippen LogP contribution in [0.3, 0.4) is 0 Å². The number of benzene rings is 1. The van der Waals surface area contributed by atoms with Crippen LogP contribution in [0.5, 0.6) is 5.75 Å². The summed E-state index contributed by atoms with van der Waals surface area (Å²) in [6.45, 7) is 3.73. The summed E-state index contributed by atoms with van der Waals surface area (Å²) in [5.74, 6) is 1.70. The minimum Gasteiger partial charge on any atom is -0.493 e. The maximum atomic E-state index is 7.54. The van der Waals surface area contributed by atoms with Crippen molar-refractivity contribution in [1.82, 2.24) is 4.90 Å². The van der Waals surface area contributed by atoms with Gasteiger partial charge in [0.15, 0.2) is 0 Å². The minimum absolute atomic E-state index is 0.274. The highest BCUT2D eigenvalue weighted by molar-refractivity contribution is 9.10. The van der Waals surface area contributed by atoms with Crippen LogP contribution < -0.4 is 10.5 Å². The van der Waals surface area contributed by atoms with E-state index in [-0.39, 0.29) is 5.92 Å². The van der Waals surface area contributed by atoms with Crippen molar-refractivity contribution in [3.05, 3.63) is 27.7 Å². The Morgan fingerprint density at radius 1 is 1.40 bits per heavy atom. The lowest BCUT2D eigenvalue weighted by molar-refractivity contribution is 0.198. The van der Waals surface area contributed by atoms with Crippen LogP contribution in [0.1, 0.15) is 24.0 Å². The third-order valence-corrected chi connectivity index (χ3v) is 4.70. The van der Waals surface area contributed by atoms with Gasteiger partial charge in [-0.2, -0.15) is 0 Å². The second kappa shape index (κ2) is 5.74. The Bertz CT molecular complexity index is 524. The van der Waals surface area contributed by atoms with Crippen molar-refractivity contribution in [1.29, 1.82) is 5.41 Å². The van der Waals surface area contributed by atoms with Gasteiger partial charge in [0.2, 0.25) is 0 Å². The van der Waals surface area contributed by atoms with Crippen molar-refractivity contribution in [3.8, 4) is 5.75 Å². The molecule has 1 saturated heterocycles. The first-order chi connectivity index (χ1) is 9.63. The molecule has 1 aromatic rings. The zero-order chi connectivity index (χ0) is 14.1. The van der Waals surface area contributed by atoms with Crippen LogP contribution in [0.15, 0.2) is 16.6 Å². The summed E-state index contributed by atoms with van der Waals surface area (Å²) in [6.07, 6.45) is 2.99. The third-order valence-electron chi connectivity index (χ3n) is 4.25. The number of amidine groups is 1. The molecule has 5 heteroatoms. The smallest absolute Gasteiger partial charge is 0.127 e. The van der Waals surface area contributed by atoms with E-state index in [1.807, 2.05) is 0 Å². The van der Waals surface area contributed by atoms with Gasteiger partial charge in [0.25, 0.3) is 0 Å². The zero-order valence-corrected chi connectivity index (χ0v) is 13.1. The SMILES string of the molecule is N=C(N)C1CCN(Cc2cc(Br)cc3c2OCC3)CC1. The average molecular weight is 338 g/mol. The molecule has 0 aromatic heterocycles. The Morgan fingerprint density at radius 3 is 2.85 bits per heavy atom. The Morgan fingerprint density at radius 2 is 2.15 bits per heavy atom. The van der Waals surface area contributed by atoms with Gasteiger partial charge in [-0.25, -0.2) is 0 Å². The van der Waals surface area contributed by atoms with E-state index in [4.69, 9.17) is 15.9 Å². The molecule has 0 saturated carbocycles. The van der Waals surface area contributed by atoms with E-state index in [1.54, 1.807) is 0 Å². The van der Waals surface area contributed by atoms with E-state index < -0.39 is 0 Å². The molecule has 4 nitrogen and oxygen atoms in total. The minimum atomic E-state index is 0.274. The van der Waals surface area contributed by atoms with Crippen molar-refractivity contribution in [2.75, 3.05) is 19.7 Å². The summed E-state index contributed by atoms with van der Waals surface area (Å²) < 4.78 is 6.92. The molecule has 2 aliphatic rings. The molecular formula is C15H20BrN3O. The van der Waals surface area contributed by atoms with Crippen LogP contribution in [0, 0.1) is 11.3 Å². The molecule has 1 fully saturated rings. The normalized spacial score (nSPS) is 19.6. The summed E-state index contributed by atoms with van der Waals surface area (Å²) in [5.41, 5.74) is 8.18. The molecule has 0 amide bonds. The monoisotopic (exact) mass is 337 g/mol. The Labute approximate surface area is 127 Å². The van der Waals surface area contributed by atoms with Gasteiger partial charge in [0, 0.05) is 28.9 Å². The van der Waals surface area contributed by atoms with Crippen LogP contribution in [-0.2, 0) is 13.0 Å². The highest BCUT2D eigenvalue weighted by Crippen LogP contribution is 2.34. The molecule has 0 spiro atoms. The second-order valence-corrected chi connectivity index (χ2v) is 6.57. The highest BCUT2D eigenvalue weighted by Gasteiger charge is 2.24. The van der Waals surface area contributed by atoms with Crippen molar-refractivity contribution in [2.45, 2.75) is 25.8 Å². The maximum Gasteiger partial charge on any atom is 0.127 e. The van der Waals surface area contributed by atoms with E-state index in [0.29, 0.717) is 5.84 Å². The molecule has 2 heterocycles. The number of piperidine rings is 1.